The van der Waals surface area contributed by atoms with Crippen molar-refractivity contribution in [1.29, 1.82) is 0 Å². The van der Waals surface area contributed by atoms with Crippen molar-refractivity contribution in [2.75, 3.05) is 0 Å². The third-order valence-electron chi connectivity index (χ3n) is 6.32. The summed E-state index contributed by atoms with van der Waals surface area (Å²) in [7, 11) is -2.28. The van der Waals surface area contributed by atoms with E-state index in [1.54, 1.807) is 35.5 Å². The first-order valence-corrected chi connectivity index (χ1v) is 13.9. The van der Waals surface area contributed by atoms with Gasteiger partial charge in [0.2, 0.25) is 5.88 Å². The number of aryl methyl sites for hydroxylation is 4. The van der Waals surface area contributed by atoms with Crippen molar-refractivity contribution in [3.05, 3.63) is 76.1 Å². The monoisotopic (exact) mass is 522 g/mol. The Labute approximate surface area is 214 Å². The fourth-order valence-corrected chi connectivity index (χ4v) is 6.59. The van der Waals surface area contributed by atoms with Crippen LogP contribution in [0.15, 0.2) is 52.5 Å². The summed E-state index contributed by atoms with van der Waals surface area (Å²) in [5.41, 5.74) is 6.21. The molecule has 2 aromatic carbocycles. The third-order valence-corrected chi connectivity index (χ3v) is 8.81. The molecule has 5 rings (SSSR count). The van der Waals surface area contributed by atoms with E-state index >= 15 is 0 Å². The van der Waals surface area contributed by atoms with E-state index in [0.29, 0.717) is 12.1 Å². The van der Waals surface area contributed by atoms with Crippen LogP contribution in [0.1, 0.15) is 45.1 Å². The second-order valence-electron chi connectivity index (χ2n) is 8.89. The van der Waals surface area contributed by atoms with E-state index in [0.717, 1.165) is 44.2 Å². The standard InChI is InChI=1S/C26H26N4O4S2/c1-6-30-26(34-36(32,33)19-9-7-15(2)8-10-19)21(12-27-30)24(31)20-11-16(3)25-22(17(20)4)23-18(14-35-25)13-29(5)28-23/h7-13H,6,14H2,1-5H3. The van der Waals surface area contributed by atoms with Crippen LogP contribution in [0.3, 0.4) is 0 Å². The molecular weight excluding hydrogens is 496 g/mol. The first kappa shape index (κ1) is 24.3. The molecule has 186 valence electrons. The topological polar surface area (TPSA) is 96.1 Å². The Morgan fingerprint density at radius 2 is 1.86 bits per heavy atom. The summed E-state index contributed by atoms with van der Waals surface area (Å²) in [5, 5.41) is 8.90. The number of aromatic nitrogens is 4. The molecule has 0 amide bonds. The molecule has 0 N–H and O–H groups in total. The van der Waals surface area contributed by atoms with Gasteiger partial charge in [0, 0.05) is 47.1 Å². The van der Waals surface area contributed by atoms with Gasteiger partial charge in [0.15, 0.2) is 5.78 Å². The Morgan fingerprint density at radius 1 is 1.14 bits per heavy atom. The highest BCUT2D eigenvalue weighted by Crippen LogP contribution is 2.45. The van der Waals surface area contributed by atoms with Crippen molar-refractivity contribution in [3.8, 4) is 17.1 Å². The number of ketones is 1. The Hall–Kier alpha value is -3.37. The molecule has 0 atom stereocenters. The molecule has 0 fully saturated rings. The van der Waals surface area contributed by atoms with Crippen LogP contribution in [-0.4, -0.2) is 33.8 Å². The number of benzene rings is 2. The number of rotatable bonds is 6. The molecule has 3 heterocycles. The SMILES string of the molecule is CCn1ncc(C(=O)c2cc(C)c3c(c2C)-c2nn(C)cc2CS3)c1OS(=O)(=O)c1ccc(C)cc1. The zero-order valence-electron chi connectivity index (χ0n) is 20.7. The van der Waals surface area contributed by atoms with Crippen LogP contribution in [-0.2, 0) is 29.5 Å². The van der Waals surface area contributed by atoms with Gasteiger partial charge in [-0.2, -0.15) is 18.6 Å². The van der Waals surface area contributed by atoms with E-state index in [-0.39, 0.29) is 22.1 Å². The summed E-state index contributed by atoms with van der Waals surface area (Å²) in [6.07, 6.45) is 3.38. The molecule has 1 aliphatic rings. The maximum absolute atomic E-state index is 13.9. The highest BCUT2D eigenvalue weighted by atomic mass is 32.2. The van der Waals surface area contributed by atoms with E-state index < -0.39 is 10.1 Å². The van der Waals surface area contributed by atoms with Crippen LogP contribution in [0.25, 0.3) is 11.3 Å². The number of thioether (sulfide) groups is 1. The molecule has 4 aromatic rings. The van der Waals surface area contributed by atoms with Gasteiger partial charge in [-0.25, -0.2) is 4.68 Å². The highest BCUT2D eigenvalue weighted by molar-refractivity contribution is 7.98. The Bertz CT molecular complexity index is 1620. The van der Waals surface area contributed by atoms with Crippen LogP contribution in [0, 0.1) is 20.8 Å². The maximum atomic E-state index is 13.9. The quantitative estimate of drug-likeness (QED) is 0.264. The normalized spacial score (nSPS) is 12.8. The lowest BCUT2D eigenvalue weighted by molar-refractivity contribution is 0.103. The van der Waals surface area contributed by atoms with E-state index in [9.17, 15) is 13.2 Å². The van der Waals surface area contributed by atoms with Crippen LogP contribution >= 0.6 is 11.8 Å². The molecule has 1 aliphatic heterocycles. The van der Waals surface area contributed by atoms with Crippen molar-refractivity contribution in [3.63, 3.8) is 0 Å². The summed E-state index contributed by atoms with van der Waals surface area (Å²) in [6, 6.07) is 8.22. The van der Waals surface area contributed by atoms with Crippen LogP contribution in [0.5, 0.6) is 5.88 Å². The number of carbonyl (C=O) groups is 1. The number of fused-ring (bicyclic) bond motifs is 3. The minimum absolute atomic E-state index is 0.0101. The fraction of sp³-hybridized carbons (Fsp3) is 0.269. The summed E-state index contributed by atoms with van der Waals surface area (Å²) >= 11 is 1.73. The molecule has 8 nitrogen and oxygen atoms in total. The summed E-state index contributed by atoms with van der Waals surface area (Å²) in [4.78, 5) is 15.0. The molecule has 0 bridgehead atoms. The van der Waals surface area contributed by atoms with Crippen molar-refractivity contribution in [2.45, 2.75) is 49.8 Å². The largest absolute Gasteiger partial charge is 0.358 e. The predicted octanol–water partition coefficient (Wildman–Crippen LogP) is 4.83. The second-order valence-corrected chi connectivity index (χ2v) is 11.4. The zero-order valence-corrected chi connectivity index (χ0v) is 22.3. The average molecular weight is 523 g/mol. The van der Waals surface area contributed by atoms with Crippen LogP contribution in [0.2, 0.25) is 0 Å². The van der Waals surface area contributed by atoms with E-state index in [2.05, 4.69) is 10.2 Å². The molecule has 36 heavy (non-hydrogen) atoms. The Morgan fingerprint density at radius 3 is 2.56 bits per heavy atom. The molecule has 0 aliphatic carbocycles. The summed E-state index contributed by atoms with van der Waals surface area (Å²) < 4.78 is 34.8. The zero-order chi connectivity index (χ0) is 25.8. The van der Waals surface area contributed by atoms with Crippen molar-refractivity contribution in [2.24, 2.45) is 7.05 Å². The summed E-state index contributed by atoms with van der Waals surface area (Å²) in [5.74, 6) is 0.382. The van der Waals surface area contributed by atoms with Gasteiger partial charge in [0.25, 0.3) is 0 Å². The highest BCUT2D eigenvalue weighted by Gasteiger charge is 2.30. The molecule has 10 heteroatoms. The van der Waals surface area contributed by atoms with Gasteiger partial charge in [-0.05, 0) is 57.0 Å². The predicted molar refractivity (Wildman–Crippen MR) is 138 cm³/mol. The minimum atomic E-state index is -4.17. The average Bonchev–Trinajstić information content (AvgIpc) is 3.42. The van der Waals surface area contributed by atoms with Gasteiger partial charge >= 0.3 is 10.1 Å². The Balaban J connectivity index is 1.60. The molecule has 0 unspecified atom stereocenters. The molecule has 0 spiro atoms. The first-order chi connectivity index (χ1) is 17.1. The molecule has 0 radical (unpaired) electrons. The summed E-state index contributed by atoms with van der Waals surface area (Å²) in [6.45, 7) is 7.90. The van der Waals surface area contributed by atoms with Crippen LogP contribution in [0.4, 0.5) is 0 Å². The fourth-order valence-electron chi connectivity index (χ4n) is 4.45. The van der Waals surface area contributed by atoms with Gasteiger partial charge in [-0.15, -0.1) is 11.8 Å². The second kappa shape index (κ2) is 8.94. The van der Waals surface area contributed by atoms with Crippen molar-refractivity contribution >= 4 is 27.7 Å². The smallest absolute Gasteiger partial charge is 0.340 e. The van der Waals surface area contributed by atoms with E-state index in [1.807, 2.05) is 40.1 Å². The number of carbonyl (C=O) groups excluding carboxylic acids is 1. The van der Waals surface area contributed by atoms with Gasteiger partial charge < -0.3 is 4.18 Å². The lowest BCUT2D eigenvalue weighted by atomic mass is 9.91. The number of nitrogens with zero attached hydrogens (tertiary/aromatic N) is 4. The van der Waals surface area contributed by atoms with Gasteiger partial charge in [-0.1, -0.05) is 17.7 Å². The van der Waals surface area contributed by atoms with Crippen LogP contribution < -0.4 is 4.18 Å². The van der Waals surface area contributed by atoms with Gasteiger partial charge in [-0.3, -0.25) is 9.48 Å². The van der Waals surface area contributed by atoms with Crippen molar-refractivity contribution in [1.82, 2.24) is 19.6 Å². The molecule has 0 saturated heterocycles. The minimum Gasteiger partial charge on any atom is -0.358 e. The molecule has 0 saturated carbocycles. The lowest BCUT2D eigenvalue weighted by Gasteiger charge is -2.21. The molecular formula is C26H26N4O4S2. The number of hydrogen-bond donors (Lipinski definition) is 0. The lowest BCUT2D eigenvalue weighted by Crippen LogP contribution is -2.16. The van der Waals surface area contributed by atoms with E-state index in [1.165, 1.54) is 23.0 Å². The molecule has 2 aromatic heterocycles. The van der Waals surface area contributed by atoms with Gasteiger partial charge in [0.05, 0.1) is 11.9 Å². The first-order valence-electron chi connectivity index (χ1n) is 11.5. The van der Waals surface area contributed by atoms with Gasteiger partial charge in [0.1, 0.15) is 10.5 Å². The Kier molecular flexibility index (Phi) is 6.04. The maximum Gasteiger partial charge on any atom is 0.340 e. The van der Waals surface area contributed by atoms with E-state index in [4.69, 9.17) is 4.18 Å². The number of hydrogen-bond acceptors (Lipinski definition) is 7. The third kappa shape index (κ3) is 4.04. The van der Waals surface area contributed by atoms with Crippen molar-refractivity contribution < 1.29 is 17.4 Å².